The Labute approximate surface area is 163 Å². The van der Waals surface area contributed by atoms with E-state index in [4.69, 9.17) is 5.73 Å². The first-order valence-corrected chi connectivity index (χ1v) is 11.8. The highest BCUT2D eigenvalue weighted by atomic mass is 32.2. The van der Waals surface area contributed by atoms with Gasteiger partial charge in [0, 0.05) is 6.42 Å². The van der Waals surface area contributed by atoms with Gasteiger partial charge in [-0.3, -0.25) is 14.2 Å². The fourth-order valence-electron chi connectivity index (χ4n) is 2.66. The van der Waals surface area contributed by atoms with E-state index in [9.17, 15) is 26.7 Å². The summed E-state index contributed by atoms with van der Waals surface area (Å²) in [6, 6.07) is 8.88. The predicted octanol–water partition coefficient (Wildman–Crippen LogP) is 1.22. The maximum atomic E-state index is 11.6. The van der Waals surface area contributed by atoms with Crippen molar-refractivity contribution in [3.8, 4) is 16.9 Å². The Balaban J connectivity index is 2.61. The van der Waals surface area contributed by atoms with E-state index in [1.807, 2.05) is 0 Å². The molecule has 1 amide bonds. The lowest BCUT2D eigenvalue weighted by molar-refractivity contribution is -0.117. The highest BCUT2D eigenvalue weighted by Crippen LogP contribution is 2.33. The largest absolute Gasteiger partial charge is 0.508 e. The number of aromatic hydroxyl groups is 1. The Kier molecular flexibility index (Phi) is 6.20. The van der Waals surface area contributed by atoms with E-state index in [2.05, 4.69) is 9.44 Å². The second kappa shape index (κ2) is 8.07. The van der Waals surface area contributed by atoms with E-state index in [1.54, 1.807) is 6.07 Å². The van der Waals surface area contributed by atoms with E-state index in [0.717, 1.165) is 12.5 Å². The number of nitrogens with two attached hydrogens (primary N) is 1. The van der Waals surface area contributed by atoms with Crippen LogP contribution in [0.15, 0.2) is 36.4 Å². The number of phenolic OH excluding ortho intramolecular Hbond substituents is 1. The Hall–Kier alpha value is -2.79. The van der Waals surface area contributed by atoms with Crippen molar-refractivity contribution in [2.75, 3.05) is 22.0 Å². The summed E-state index contributed by atoms with van der Waals surface area (Å²) in [6.07, 6.45) is 2.24. The summed E-state index contributed by atoms with van der Waals surface area (Å²) in [5.41, 5.74) is 7.18. The molecule has 152 valence electrons. The van der Waals surface area contributed by atoms with Crippen LogP contribution in [0.25, 0.3) is 11.1 Å². The number of benzene rings is 2. The van der Waals surface area contributed by atoms with Gasteiger partial charge in [0.15, 0.2) is 0 Å². The van der Waals surface area contributed by atoms with Crippen molar-refractivity contribution in [2.45, 2.75) is 12.8 Å². The fraction of sp³-hybridized carbons (Fsp3) is 0.235. The van der Waals surface area contributed by atoms with Crippen molar-refractivity contribution in [3.05, 3.63) is 42.0 Å². The van der Waals surface area contributed by atoms with E-state index in [1.165, 1.54) is 30.3 Å². The molecule has 0 aromatic heterocycles. The van der Waals surface area contributed by atoms with Crippen LogP contribution in [0.3, 0.4) is 0 Å². The smallest absolute Gasteiger partial charge is 0.229 e. The van der Waals surface area contributed by atoms with Gasteiger partial charge in [-0.25, -0.2) is 16.8 Å². The Morgan fingerprint density at radius 2 is 1.50 bits per heavy atom. The Morgan fingerprint density at radius 3 is 1.96 bits per heavy atom. The van der Waals surface area contributed by atoms with Gasteiger partial charge in [-0.2, -0.15) is 0 Å². The first-order chi connectivity index (χ1) is 12.8. The maximum Gasteiger partial charge on any atom is 0.229 e. The molecule has 2 aromatic carbocycles. The second-order valence-electron chi connectivity index (χ2n) is 6.36. The summed E-state index contributed by atoms with van der Waals surface area (Å²) in [5, 5.41) is 9.77. The lowest BCUT2D eigenvalue weighted by Gasteiger charge is -2.15. The molecule has 0 aliphatic heterocycles. The zero-order chi connectivity index (χ0) is 21.1. The van der Waals surface area contributed by atoms with Crippen LogP contribution in [0, 0.1) is 0 Å². The lowest BCUT2D eigenvalue weighted by Crippen LogP contribution is -2.13. The molecule has 0 bridgehead atoms. The van der Waals surface area contributed by atoms with Gasteiger partial charge in [0.05, 0.1) is 23.9 Å². The lowest BCUT2D eigenvalue weighted by atomic mass is 9.95. The van der Waals surface area contributed by atoms with Gasteiger partial charge in [-0.1, -0.05) is 6.07 Å². The molecule has 0 saturated heterocycles. The minimum absolute atomic E-state index is 0.0110. The highest BCUT2D eigenvalue weighted by molar-refractivity contribution is 7.92. The van der Waals surface area contributed by atoms with Gasteiger partial charge in [-0.05, 0) is 53.4 Å². The molecule has 0 aliphatic rings. The van der Waals surface area contributed by atoms with Gasteiger partial charge >= 0.3 is 0 Å². The van der Waals surface area contributed by atoms with Crippen LogP contribution in [0.2, 0.25) is 0 Å². The number of anilines is 2. The first-order valence-electron chi connectivity index (χ1n) is 8.04. The highest BCUT2D eigenvalue weighted by Gasteiger charge is 2.13. The second-order valence-corrected chi connectivity index (χ2v) is 9.85. The standard InChI is InChI=1S/C17H21N3O6S2/c1-27(23,24)19-13-7-12(8-14(10-13)20-28(2,25)26)16-5-4-15(21)9-11(16)3-6-17(18)22/h4-5,7-10,19-21H,3,6H2,1-2H3,(H2,18,22). The number of hydrogen-bond donors (Lipinski definition) is 4. The molecular weight excluding hydrogens is 406 g/mol. The van der Waals surface area contributed by atoms with E-state index < -0.39 is 26.0 Å². The van der Waals surface area contributed by atoms with Crippen LogP contribution in [0.4, 0.5) is 11.4 Å². The summed E-state index contributed by atoms with van der Waals surface area (Å²) < 4.78 is 51.0. The number of amides is 1. The monoisotopic (exact) mass is 427 g/mol. The van der Waals surface area contributed by atoms with Crippen molar-refractivity contribution in [2.24, 2.45) is 5.73 Å². The van der Waals surface area contributed by atoms with Crippen molar-refractivity contribution in [1.29, 1.82) is 0 Å². The van der Waals surface area contributed by atoms with E-state index in [-0.39, 0.29) is 30.0 Å². The van der Waals surface area contributed by atoms with Crippen LogP contribution in [-0.2, 0) is 31.3 Å². The van der Waals surface area contributed by atoms with E-state index >= 15 is 0 Å². The van der Waals surface area contributed by atoms with Crippen LogP contribution in [-0.4, -0.2) is 40.4 Å². The van der Waals surface area contributed by atoms with Crippen LogP contribution >= 0.6 is 0 Å². The number of nitrogens with one attached hydrogen (secondary N) is 2. The number of rotatable bonds is 8. The summed E-state index contributed by atoms with van der Waals surface area (Å²) in [6.45, 7) is 0. The average Bonchev–Trinajstić information content (AvgIpc) is 2.49. The van der Waals surface area contributed by atoms with E-state index in [0.29, 0.717) is 16.7 Å². The molecule has 0 aliphatic carbocycles. The van der Waals surface area contributed by atoms with Crippen LogP contribution in [0.5, 0.6) is 5.75 Å². The zero-order valence-corrected chi connectivity index (χ0v) is 16.9. The van der Waals surface area contributed by atoms with Crippen molar-refractivity contribution in [3.63, 3.8) is 0 Å². The van der Waals surface area contributed by atoms with Gasteiger partial charge < -0.3 is 10.8 Å². The third kappa shape index (κ3) is 6.74. The number of carbonyl (C=O) groups is 1. The Bertz CT molecular complexity index is 1060. The molecule has 2 rings (SSSR count). The number of hydrogen-bond acceptors (Lipinski definition) is 6. The van der Waals surface area contributed by atoms with Crippen molar-refractivity contribution < 1.29 is 26.7 Å². The molecule has 28 heavy (non-hydrogen) atoms. The van der Waals surface area contributed by atoms with Gasteiger partial charge in [0.1, 0.15) is 5.75 Å². The number of phenols is 1. The molecule has 0 radical (unpaired) electrons. The molecule has 0 atom stereocenters. The molecule has 9 nitrogen and oxygen atoms in total. The molecular formula is C17H21N3O6S2. The molecule has 5 N–H and O–H groups in total. The third-order valence-electron chi connectivity index (χ3n) is 3.58. The summed E-state index contributed by atoms with van der Waals surface area (Å²) >= 11 is 0. The number of sulfonamides is 2. The fourth-order valence-corrected chi connectivity index (χ4v) is 3.75. The number of carbonyl (C=O) groups excluding carboxylic acids is 1. The predicted molar refractivity (Wildman–Crippen MR) is 108 cm³/mol. The molecule has 11 heteroatoms. The summed E-state index contributed by atoms with van der Waals surface area (Å²) in [5.74, 6) is -0.524. The van der Waals surface area contributed by atoms with Crippen LogP contribution < -0.4 is 15.2 Å². The van der Waals surface area contributed by atoms with Gasteiger partial charge in [0.2, 0.25) is 26.0 Å². The van der Waals surface area contributed by atoms with Crippen molar-refractivity contribution >= 4 is 37.3 Å². The van der Waals surface area contributed by atoms with Crippen molar-refractivity contribution in [1.82, 2.24) is 0 Å². The zero-order valence-electron chi connectivity index (χ0n) is 15.3. The number of aryl methyl sites for hydroxylation is 1. The topological polar surface area (TPSA) is 156 Å². The molecule has 0 heterocycles. The first kappa shape index (κ1) is 21.5. The van der Waals surface area contributed by atoms with Gasteiger partial charge in [-0.15, -0.1) is 0 Å². The van der Waals surface area contributed by atoms with Crippen LogP contribution in [0.1, 0.15) is 12.0 Å². The minimum atomic E-state index is -3.60. The molecule has 0 fully saturated rings. The summed E-state index contributed by atoms with van der Waals surface area (Å²) in [7, 11) is -7.21. The quantitative estimate of drug-likeness (QED) is 0.496. The third-order valence-corrected chi connectivity index (χ3v) is 4.79. The molecule has 0 unspecified atom stereocenters. The normalized spacial score (nSPS) is 11.8. The maximum absolute atomic E-state index is 11.6. The Morgan fingerprint density at radius 1 is 0.964 bits per heavy atom. The molecule has 0 saturated carbocycles. The minimum Gasteiger partial charge on any atom is -0.508 e. The average molecular weight is 428 g/mol. The number of primary amides is 1. The van der Waals surface area contributed by atoms with Gasteiger partial charge in [0.25, 0.3) is 0 Å². The summed E-state index contributed by atoms with van der Waals surface area (Å²) in [4.78, 5) is 11.1. The SMILES string of the molecule is CS(=O)(=O)Nc1cc(NS(C)(=O)=O)cc(-c2ccc(O)cc2CCC(N)=O)c1. The molecule has 0 spiro atoms. The molecule has 2 aromatic rings.